The van der Waals surface area contributed by atoms with Crippen molar-refractivity contribution in [2.45, 2.75) is 259 Å². The summed E-state index contributed by atoms with van der Waals surface area (Å²) in [6, 6.07) is 0. The van der Waals surface area contributed by atoms with Gasteiger partial charge in [0.2, 0.25) is 0 Å². The minimum atomic E-state index is 1.23. The Kier molecular flexibility index (Phi) is 32.4. The molecule has 0 unspecified atom stereocenters. The van der Waals surface area contributed by atoms with Crippen LogP contribution in [0.2, 0.25) is 0 Å². The number of nitrogens with zero attached hydrogens (tertiary/aromatic N) is 2. The first-order valence-electron chi connectivity index (χ1n) is 21.4. The number of hydrogen-bond acceptors (Lipinski definition) is 0. The molecule has 0 aliphatic rings. The van der Waals surface area contributed by atoms with Crippen molar-refractivity contribution in [1.82, 2.24) is 4.57 Å². The number of unbranched alkanes of at least 4 members (excludes halogenated alkanes) is 31. The van der Waals surface area contributed by atoms with Crippen molar-refractivity contribution in [3.8, 4) is 0 Å². The summed E-state index contributed by atoms with van der Waals surface area (Å²) in [7, 11) is 0. The predicted octanol–water partition coefficient (Wildman–Crippen LogP) is 14.6. The summed E-state index contributed by atoms with van der Waals surface area (Å²) in [5.74, 6) is 1.62. The van der Waals surface area contributed by atoms with E-state index in [1.54, 1.807) is 5.82 Å². The summed E-state index contributed by atoms with van der Waals surface area (Å²) < 4.78 is 5.28. The van der Waals surface area contributed by atoms with Crippen LogP contribution in [0.1, 0.15) is 245 Å². The van der Waals surface area contributed by atoms with Gasteiger partial charge < -0.3 is 0 Å². The molecule has 0 fully saturated rings. The Morgan fingerprint density at radius 1 is 0.378 bits per heavy atom. The smallest absolute Gasteiger partial charge is 0.234 e. The first-order valence-corrected chi connectivity index (χ1v) is 21.4. The topological polar surface area (TPSA) is 8.81 Å². The number of hydrogen-bond donors (Lipinski definition) is 0. The first kappa shape index (κ1) is 42.2. The van der Waals surface area contributed by atoms with E-state index in [2.05, 4.69) is 42.3 Å². The van der Waals surface area contributed by atoms with Gasteiger partial charge >= 0.3 is 0 Å². The first-order chi connectivity index (χ1) is 22.3. The van der Waals surface area contributed by atoms with Crippen molar-refractivity contribution in [2.75, 3.05) is 0 Å². The van der Waals surface area contributed by atoms with Gasteiger partial charge in [0.1, 0.15) is 12.4 Å². The van der Waals surface area contributed by atoms with E-state index in [0.717, 1.165) is 0 Å². The van der Waals surface area contributed by atoms with E-state index in [1.807, 2.05) is 0 Å². The maximum atomic E-state index is 2.64. The third-order valence-electron chi connectivity index (χ3n) is 10.3. The van der Waals surface area contributed by atoms with Crippen LogP contribution in [0.3, 0.4) is 0 Å². The Morgan fingerprint density at radius 3 is 1.07 bits per heavy atom. The molecule has 0 aromatic carbocycles. The third kappa shape index (κ3) is 26.9. The molecular weight excluding hydrogens is 544 g/mol. The van der Waals surface area contributed by atoms with E-state index in [4.69, 9.17) is 0 Å². The maximum Gasteiger partial charge on any atom is 0.256 e. The minimum absolute atomic E-state index is 1.23. The van der Waals surface area contributed by atoms with E-state index >= 15 is 0 Å². The van der Waals surface area contributed by atoms with E-state index in [1.165, 1.54) is 238 Å². The molecule has 2 nitrogen and oxygen atoms in total. The molecule has 0 spiro atoms. The van der Waals surface area contributed by atoms with Crippen LogP contribution in [0, 0.1) is 0 Å². The van der Waals surface area contributed by atoms with Crippen LogP contribution >= 0.6 is 0 Å². The molecule has 0 amide bonds. The highest BCUT2D eigenvalue weighted by atomic mass is 15.1. The van der Waals surface area contributed by atoms with Crippen molar-refractivity contribution in [2.24, 2.45) is 0 Å². The summed E-state index contributed by atoms with van der Waals surface area (Å²) in [6.07, 6.45) is 54.9. The fraction of sp³-hybridized carbons (Fsp3) is 0.930. The lowest BCUT2D eigenvalue weighted by atomic mass is 10.0. The number of imidazole rings is 1. The third-order valence-corrected chi connectivity index (χ3v) is 10.3. The average Bonchev–Trinajstić information content (AvgIpc) is 3.43. The number of aryl methyl sites for hydroxylation is 2. The Labute approximate surface area is 285 Å². The molecule has 0 bridgehead atoms. The van der Waals surface area contributed by atoms with E-state index < -0.39 is 0 Å². The van der Waals surface area contributed by atoms with Crippen molar-refractivity contribution in [1.29, 1.82) is 0 Å². The van der Waals surface area contributed by atoms with Crippen LogP contribution in [0.15, 0.2) is 12.4 Å². The standard InChI is InChI=1S/C43H85N2/c1-4-7-10-13-16-18-20-22-24-26-28-31-34-37-40-45-42-41-44(43(45)38-35-32-29-15-12-9-6-3)39-36-33-30-27-25-23-21-19-17-14-11-8-5-2/h41-42H,4-40H2,1-3H3/q+1. The molecule has 266 valence electrons. The van der Waals surface area contributed by atoms with Crippen LogP contribution in [0.4, 0.5) is 0 Å². The zero-order valence-corrected chi connectivity index (χ0v) is 31.7. The lowest BCUT2D eigenvalue weighted by molar-refractivity contribution is -0.704. The highest BCUT2D eigenvalue weighted by Crippen LogP contribution is 2.16. The Morgan fingerprint density at radius 2 is 0.689 bits per heavy atom. The van der Waals surface area contributed by atoms with Crippen molar-refractivity contribution in [3.05, 3.63) is 18.2 Å². The van der Waals surface area contributed by atoms with Crippen molar-refractivity contribution >= 4 is 0 Å². The molecule has 0 N–H and O–H groups in total. The molecule has 45 heavy (non-hydrogen) atoms. The Hall–Kier alpha value is -0.790. The second kappa shape index (κ2) is 34.5. The van der Waals surface area contributed by atoms with Gasteiger partial charge in [0.05, 0.1) is 13.1 Å². The normalized spacial score (nSPS) is 11.6. The van der Waals surface area contributed by atoms with Gasteiger partial charge in [0, 0.05) is 6.42 Å². The second-order valence-corrected chi connectivity index (χ2v) is 14.8. The monoisotopic (exact) mass is 630 g/mol. The minimum Gasteiger partial charge on any atom is -0.234 e. The quantitative estimate of drug-likeness (QED) is 0.0511. The summed E-state index contributed by atoms with van der Waals surface area (Å²) in [5.41, 5.74) is 0. The Balaban J connectivity index is 2.23. The maximum absolute atomic E-state index is 2.64. The molecule has 1 heterocycles. The van der Waals surface area contributed by atoms with Crippen LogP contribution in [-0.2, 0) is 19.5 Å². The SMILES string of the molecule is CCCCCCCCCCCCCCCC[n+]1ccn(CCCCCCCCCCCCCCC)c1CCCCCCCCC. The lowest BCUT2D eigenvalue weighted by Gasteiger charge is -2.07. The van der Waals surface area contributed by atoms with Crippen LogP contribution in [0.25, 0.3) is 0 Å². The van der Waals surface area contributed by atoms with E-state index in [-0.39, 0.29) is 0 Å². The van der Waals surface area contributed by atoms with Gasteiger partial charge in [-0.15, -0.1) is 0 Å². The number of rotatable bonds is 37. The fourth-order valence-electron chi connectivity index (χ4n) is 7.21. The number of aromatic nitrogens is 2. The molecule has 0 aliphatic carbocycles. The molecule has 1 aromatic rings. The van der Waals surface area contributed by atoms with Gasteiger partial charge in [0.15, 0.2) is 0 Å². The van der Waals surface area contributed by atoms with Crippen molar-refractivity contribution in [3.63, 3.8) is 0 Å². The molecule has 1 rings (SSSR count). The van der Waals surface area contributed by atoms with Gasteiger partial charge in [-0.25, -0.2) is 9.13 Å². The van der Waals surface area contributed by atoms with Gasteiger partial charge in [-0.1, -0.05) is 207 Å². The Bertz CT molecular complexity index is 692. The summed E-state index contributed by atoms with van der Waals surface area (Å²) >= 11 is 0. The highest BCUT2D eigenvalue weighted by molar-refractivity contribution is 4.84. The summed E-state index contributed by atoms with van der Waals surface area (Å²) in [5, 5.41) is 0. The molecule has 0 saturated heterocycles. The molecule has 0 aliphatic heterocycles. The highest BCUT2D eigenvalue weighted by Gasteiger charge is 2.16. The van der Waals surface area contributed by atoms with Crippen LogP contribution in [-0.4, -0.2) is 4.57 Å². The van der Waals surface area contributed by atoms with E-state index in [0.29, 0.717) is 0 Å². The summed E-state index contributed by atoms with van der Waals surface area (Å²) in [4.78, 5) is 0. The second-order valence-electron chi connectivity index (χ2n) is 14.8. The zero-order valence-electron chi connectivity index (χ0n) is 31.7. The average molecular weight is 630 g/mol. The van der Waals surface area contributed by atoms with Crippen LogP contribution < -0.4 is 4.57 Å². The molecule has 0 saturated carbocycles. The van der Waals surface area contributed by atoms with Gasteiger partial charge in [-0.05, 0) is 32.1 Å². The van der Waals surface area contributed by atoms with E-state index in [9.17, 15) is 0 Å². The van der Waals surface area contributed by atoms with Crippen molar-refractivity contribution < 1.29 is 4.57 Å². The molecule has 0 radical (unpaired) electrons. The predicted molar refractivity (Wildman–Crippen MR) is 202 cm³/mol. The zero-order chi connectivity index (χ0) is 32.3. The molecule has 1 aromatic heterocycles. The summed E-state index contributed by atoms with van der Waals surface area (Å²) in [6.45, 7) is 9.41. The van der Waals surface area contributed by atoms with Gasteiger partial charge in [0.25, 0.3) is 5.82 Å². The van der Waals surface area contributed by atoms with Gasteiger partial charge in [-0.2, -0.15) is 0 Å². The molecule has 2 heteroatoms. The molecular formula is C43H85N2+. The van der Waals surface area contributed by atoms with Crippen LogP contribution in [0.5, 0.6) is 0 Å². The largest absolute Gasteiger partial charge is 0.256 e. The fourth-order valence-corrected chi connectivity index (χ4v) is 7.21. The van der Waals surface area contributed by atoms with Gasteiger partial charge in [-0.3, -0.25) is 0 Å². The molecule has 0 atom stereocenters. The lowest BCUT2D eigenvalue weighted by Crippen LogP contribution is -2.37.